The summed E-state index contributed by atoms with van der Waals surface area (Å²) < 4.78 is 13.9. The summed E-state index contributed by atoms with van der Waals surface area (Å²) in [5.41, 5.74) is 2.13. The monoisotopic (exact) mass is 468 g/mol. The summed E-state index contributed by atoms with van der Waals surface area (Å²) in [7, 11) is 0. The third-order valence-electron chi connectivity index (χ3n) is 6.27. The van der Waals surface area contributed by atoms with Gasteiger partial charge < -0.3 is 15.1 Å². The highest BCUT2D eigenvalue weighted by Crippen LogP contribution is 2.40. The van der Waals surface area contributed by atoms with Crippen LogP contribution >= 0.6 is 24.8 Å². The van der Waals surface area contributed by atoms with Crippen molar-refractivity contribution >= 4 is 47.5 Å². The van der Waals surface area contributed by atoms with E-state index in [2.05, 4.69) is 10.3 Å². The summed E-state index contributed by atoms with van der Waals surface area (Å²) in [4.78, 5) is 34.2. The predicted molar refractivity (Wildman–Crippen MR) is 122 cm³/mol. The van der Waals surface area contributed by atoms with Gasteiger partial charge in [0, 0.05) is 49.2 Å². The average molecular weight is 469 g/mol. The molecule has 9 heteroatoms. The fourth-order valence-corrected chi connectivity index (χ4v) is 4.55. The van der Waals surface area contributed by atoms with Crippen molar-refractivity contribution < 1.29 is 14.0 Å². The molecule has 1 saturated carbocycles. The summed E-state index contributed by atoms with van der Waals surface area (Å²) >= 11 is 0. The Morgan fingerprint density at radius 3 is 2.68 bits per heavy atom. The molecule has 1 unspecified atom stereocenters. The summed E-state index contributed by atoms with van der Waals surface area (Å²) in [6, 6.07) is 6.38. The van der Waals surface area contributed by atoms with Gasteiger partial charge >= 0.3 is 0 Å². The minimum atomic E-state index is -0.365. The highest BCUT2D eigenvalue weighted by atomic mass is 35.5. The Bertz CT molecular complexity index is 985. The number of amides is 2. The van der Waals surface area contributed by atoms with Crippen LogP contribution in [-0.4, -0.2) is 65.4 Å². The zero-order valence-electron chi connectivity index (χ0n) is 17.2. The van der Waals surface area contributed by atoms with Crippen LogP contribution in [0, 0.1) is 5.82 Å². The lowest BCUT2D eigenvalue weighted by Crippen LogP contribution is -2.57. The van der Waals surface area contributed by atoms with Crippen LogP contribution < -0.4 is 5.32 Å². The molecule has 6 nitrogen and oxygen atoms in total. The van der Waals surface area contributed by atoms with E-state index in [0.717, 1.165) is 37.9 Å². The summed E-state index contributed by atoms with van der Waals surface area (Å²) in [6.07, 6.45) is 3.95. The minimum Gasteiger partial charge on any atom is -0.337 e. The fourth-order valence-electron chi connectivity index (χ4n) is 4.55. The SMILES string of the molecule is Cl.Cl.O=C(c1cc(C2CC2)nc2ccc(F)cc12)N1CCCC(N2CCNCC2=O)C1. The third kappa shape index (κ3) is 4.78. The van der Waals surface area contributed by atoms with Gasteiger partial charge in [0.25, 0.3) is 5.91 Å². The van der Waals surface area contributed by atoms with Gasteiger partial charge in [0.15, 0.2) is 0 Å². The Kier molecular flexibility index (Phi) is 7.39. The molecule has 168 valence electrons. The standard InChI is InChI=1S/C22H25FN4O2.2ClH/c23-15-5-6-19-17(10-15)18(11-20(25-19)14-3-4-14)22(29)26-8-1-2-16(13-26)27-9-7-24-12-21(27)28;;/h5-6,10-11,14,16,24H,1-4,7-9,12-13H2;2*1H. The number of hydrogen-bond donors (Lipinski definition) is 1. The van der Waals surface area contributed by atoms with Crippen molar-refractivity contribution in [1.29, 1.82) is 0 Å². The van der Waals surface area contributed by atoms with Crippen molar-refractivity contribution in [3.63, 3.8) is 0 Å². The molecule has 1 aromatic carbocycles. The van der Waals surface area contributed by atoms with E-state index in [1.807, 2.05) is 15.9 Å². The van der Waals surface area contributed by atoms with Gasteiger partial charge in [-0.1, -0.05) is 0 Å². The van der Waals surface area contributed by atoms with Gasteiger partial charge in [0.2, 0.25) is 5.91 Å². The molecule has 2 aliphatic heterocycles. The van der Waals surface area contributed by atoms with E-state index in [-0.39, 0.29) is 48.5 Å². The van der Waals surface area contributed by atoms with Crippen LogP contribution in [0.4, 0.5) is 4.39 Å². The Balaban J connectivity index is 0.00000136. The highest BCUT2D eigenvalue weighted by Gasteiger charge is 2.33. The summed E-state index contributed by atoms with van der Waals surface area (Å²) in [6.45, 7) is 3.02. The number of benzene rings is 1. The third-order valence-corrected chi connectivity index (χ3v) is 6.27. The Morgan fingerprint density at radius 2 is 1.94 bits per heavy atom. The van der Waals surface area contributed by atoms with Gasteiger partial charge in [-0.25, -0.2) is 4.39 Å². The van der Waals surface area contributed by atoms with Crippen molar-refractivity contribution in [2.75, 3.05) is 32.7 Å². The number of pyridine rings is 1. The fraction of sp³-hybridized carbons (Fsp3) is 0.500. The number of fused-ring (bicyclic) bond motifs is 1. The topological polar surface area (TPSA) is 65.5 Å². The number of halogens is 3. The van der Waals surface area contributed by atoms with Gasteiger partial charge in [-0.2, -0.15) is 0 Å². The van der Waals surface area contributed by atoms with Crippen LogP contribution in [0.3, 0.4) is 0 Å². The first-order chi connectivity index (χ1) is 14.1. The molecule has 1 N–H and O–H groups in total. The second-order valence-electron chi connectivity index (χ2n) is 8.34. The molecule has 31 heavy (non-hydrogen) atoms. The van der Waals surface area contributed by atoms with Crippen LogP contribution in [0.5, 0.6) is 0 Å². The van der Waals surface area contributed by atoms with Gasteiger partial charge in [0.05, 0.1) is 17.6 Å². The van der Waals surface area contributed by atoms with Gasteiger partial charge in [-0.15, -0.1) is 24.8 Å². The molecule has 3 heterocycles. The Labute approximate surface area is 193 Å². The van der Waals surface area contributed by atoms with Crippen LogP contribution in [0.15, 0.2) is 24.3 Å². The quantitative estimate of drug-likeness (QED) is 0.751. The van der Waals surface area contributed by atoms with Crippen LogP contribution in [0.1, 0.15) is 47.7 Å². The zero-order valence-corrected chi connectivity index (χ0v) is 18.8. The average Bonchev–Trinajstić information content (AvgIpc) is 3.58. The number of aromatic nitrogens is 1. The molecule has 3 aliphatic rings. The smallest absolute Gasteiger partial charge is 0.254 e. The molecule has 2 amide bonds. The molecular weight excluding hydrogens is 442 g/mol. The maximum Gasteiger partial charge on any atom is 0.254 e. The number of likely N-dealkylation sites (tertiary alicyclic amines) is 1. The number of nitrogens with zero attached hydrogens (tertiary/aromatic N) is 3. The van der Waals surface area contributed by atoms with Crippen molar-refractivity contribution in [2.45, 2.75) is 37.6 Å². The second-order valence-corrected chi connectivity index (χ2v) is 8.34. The normalized spacial score (nSPS) is 21.5. The first-order valence-corrected chi connectivity index (χ1v) is 10.5. The zero-order chi connectivity index (χ0) is 20.0. The Morgan fingerprint density at radius 1 is 1.13 bits per heavy atom. The summed E-state index contributed by atoms with van der Waals surface area (Å²) in [5, 5.41) is 3.67. The molecule has 1 atom stereocenters. The van der Waals surface area contributed by atoms with E-state index in [0.29, 0.717) is 48.6 Å². The van der Waals surface area contributed by atoms with Crippen molar-refractivity contribution in [3.05, 3.63) is 41.3 Å². The highest BCUT2D eigenvalue weighted by molar-refractivity contribution is 6.06. The lowest BCUT2D eigenvalue weighted by atomic mass is 10.00. The van der Waals surface area contributed by atoms with E-state index in [1.165, 1.54) is 12.1 Å². The number of carbonyl (C=O) groups is 2. The molecule has 0 spiro atoms. The van der Waals surface area contributed by atoms with Crippen molar-refractivity contribution in [3.8, 4) is 0 Å². The molecule has 0 radical (unpaired) electrons. The summed E-state index contributed by atoms with van der Waals surface area (Å²) in [5.74, 6) is 0.0548. The van der Waals surface area contributed by atoms with E-state index >= 15 is 0 Å². The second kappa shape index (κ2) is 9.67. The first-order valence-electron chi connectivity index (χ1n) is 10.5. The number of carbonyl (C=O) groups excluding carboxylic acids is 2. The molecule has 5 rings (SSSR count). The molecule has 0 bridgehead atoms. The lowest BCUT2D eigenvalue weighted by Gasteiger charge is -2.41. The van der Waals surface area contributed by atoms with Crippen LogP contribution in [-0.2, 0) is 4.79 Å². The number of hydrogen-bond acceptors (Lipinski definition) is 4. The predicted octanol–water partition coefficient (Wildman–Crippen LogP) is 3.13. The number of nitrogens with one attached hydrogen (secondary N) is 1. The molecule has 2 saturated heterocycles. The van der Waals surface area contributed by atoms with E-state index in [9.17, 15) is 14.0 Å². The number of rotatable bonds is 3. The first kappa shape index (κ1) is 23.7. The molecule has 2 aromatic rings. The van der Waals surface area contributed by atoms with Crippen LogP contribution in [0.2, 0.25) is 0 Å². The van der Waals surface area contributed by atoms with E-state index in [4.69, 9.17) is 0 Å². The minimum absolute atomic E-state index is 0. The molecule has 1 aromatic heterocycles. The van der Waals surface area contributed by atoms with Gasteiger partial charge in [0.1, 0.15) is 5.82 Å². The maximum atomic E-state index is 13.9. The molecule has 1 aliphatic carbocycles. The lowest BCUT2D eigenvalue weighted by molar-refractivity contribution is -0.135. The Hall–Kier alpha value is -1.96. The number of piperazine rings is 1. The molecule has 3 fully saturated rings. The number of piperidine rings is 1. The van der Waals surface area contributed by atoms with Crippen molar-refractivity contribution in [2.24, 2.45) is 0 Å². The van der Waals surface area contributed by atoms with E-state index < -0.39 is 0 Å². The largest absolute Gasteiger partial charge is 0.337 e. The maximum absolute atomic E-state index is 13.9. The van der Waals surface area contributed by atoms with Crippen molar-refractivity contribution in [1.82, 2.24) is 20.1 Å². The van der Waals surface area contributed by atoms with Gasteiger partial charge in [-0.05, 0) is 49.9 Å². The molecular formula is C22H27Cl2FN4O2. The van der Waals surface area contributed by atoms with E-state index in [1.54, 1.807) is 6.07 Å². The van der Waals surface area contributed by atoms with Gasteiger partial charge in [-0.3, -0.25) is 14.6 Å². The van der Waals surface area contributed by atoms with Crippen LogP contribution in [0.25, 0.3) is 10.9 Å².